The van der Waals surface area contributed by atoms with Gasteiger partial charge < -0.3 is 4.74 Å². The zero-order valence-electron chi connectivity index (χ0n) is 9.00. The van der Waals surface area contributed by atoms with Crippen LogP contribution >= 0.6 is 0 Å². The highest BCUT2D eigenvalue weighted by molar-refractivity contribution is 4.85. The molecule has 0 aromatic heterocycles. The van der Waals surface area contributed by atoms with E-state index in [1.807, 2.05) is 0 Å². The fraction of sp³-hybridized carbons (Fsp3) is 1.00. The van der Waals surface area contributed by atoms with Gasteiger partial charge in [0.1, 0.15) is 0 Å². The van der Waals surface area contributed by atoms with Gasteiger partial charge in [-0.1, -0.05) is 34.6 Å². The van der Waals surface area contributed by atoms with Gasteiger partial charge in [0, 0.05) is 6.61 Å². The molecule has 0 radical (unpaired) electrons. The van der Waals surface area contributed by atoms with Crippen molar-refractivity contribution in [3.63, 3.8) is 0 Å². The molecule has 0 bridgehead atoms. The molecular weight excluding hydrogens is 148 g/mol. The quantitative estimate of drug-likeness (QED) is 0.619. The van der Waals surface area contributed by atoms with Crippen LogP contribution in [0.3, 0.4) is 0 Å². The molecule has 0 amide bonds. The number of rotatable bonds is 2. The summed E-state index contributed by atoms with van der Waals surface area (Å²) < 4.78 is 5.80. The lowest BCUT2D eigenvalue weighted by molar-refractivity contribution is 0.0434. The monoisotopic (exact) mass is 170 g/mol. The van der Waals surface area contributed by atoms with Crippen LogP contribution in [-0.2, 0) is 4.74 Å². The van der Waals surface area contributed by atoms with Gasteiger partial charge in [0.25, 0.3) is 0 Å². The third-order valence-corrected chi connectivity index (χ3v) is 3.01. The smallest absolute Gasteiger partial charge is 0.0632 e. The van der Waals surface area contributed by atoms with Crippen molar-refractivity contribution in [3.05, 3.63) is 0 Å². The summed E-state index contributed by atoms with van der Waals surface area (Å²) in [6, 6.07) is 0. The Labute approximate surface area is 76.5 Å². The Hall–Kier alpha value is -0.0400. The second-order valence-electron chi connectivity index (χ2n) is 4.84. The van der Waals surface area contributed by atoms with Gasteiger partial charge >= 0.3 is 0 Å². The Morgan fingerprint density at radius 2 is 1.67 bits per heavy atom. The third-order valence-electron chi connectivity index (χ3n) is 3.01. The van der Waals surface area contributed by atoms with E-state index in [1.165, 1.54) is 0 Å². The topological polar surface area (TPSA) is 9.23 Å². The van der Waals surface area contributed by atoms with Gasteiger partial charge in [-0.25, -0.2) is 0 Å². The van der Waals surface area contributed by atoms with Crippen molar-refractivity contribution in [2.24, 2.45) is 23.7 Å². The Morgan fingerprint density at radius 3 is 2.00 bits per heavy atom. The SMILES string of the molecule is CC(C)C1OC[C@H](C)C1C(C)C. The van der Waals surface area contributed by atoms with Crippen LogP contribution in [0, 0.1) is 23.7 Å². The molecule has 3 atom stereocenters. The van der Waals surface area contributed by atoms with E-state index in [2.05, 4.69) is 34.6 Å². The molecule has 72 valence electrons. The molecular formula is C11H22O. The highest BCUT2D eigenvalue weighted by atomic mass is 16.5. The van der Waals surface area contributed by atoms with E-state index in [0.29, 0.717) is 12.0 Å². The summed E-state index contributed by atoms with van der Waals surface area (Å²) in [6.07, 6.45) is 0.500. The fourth-order valence-corrected chi connectivity index (χ4v) is 2.48. The van der Waals surface area contributed by atoms with Crippen LogP contribution in [0.15, 0.2) is 0 Å². The molecule has 0 aliphatic carbocycles. The molecule has 1 nitrogen and oxygen atoms in total. The first kappa shape index (κ1) is 10.0. The molecule has 0 saturated carbocycles. The van der Waals surface area contributed by atoms with Crippen molar-refractivity contribution < 1.29 is 4.74 Å². The van der Waals surface area contributed by atoms with Crippen molar-refractivity contribution in [3.8, 4) is 0 Å². The summed E-state index contributed by atoms with van der Waals surface area (Å²) >= 11 is 0. The van der Waals surface area contributed by atoms with Crippen LogP contribution in [0.5, 0.6) is 0 Å². The van der Waals surface area contributed by atoms with Gasteiger partial charge in [0.05, 0.1) is 6.10 Å². The molecule has 1 aliphatic heterocycles. The summed E-state index contributed by atoms with van der Waals surface area (Å²) in [4.78, 5) is 0. The zero-order valence-corrected chi connectivity index (χ0v) is 9.00. The molecule has 1 heteroatoms. The minimum Gasteiger partial charge on any atom is -0.377 e. The number of hydrogen-bond acceptors (Lipinski definition) is 1. The van der Waals surface area contributed by atoms with Crippen LogP contribution in [-0.4, -0.2) is 12.7 Å². The van der Waals surface area contributed by atoms with E-state index in [0.717, 1.165) is 24.4 Å². The molecule has 1 heterocycles. The zero-order chi connectivity index (χ0) is 9.30. The van der Waals surface area contributed by atoms with E-state index in [1.54, 1.807) is 0 Å². The molecule has 1 fully saturated rings. The van der Waals surface area contributed by atoms with Crippen LogP contribution < -0.4 is 0 Å². The molecule has 0 N–H and O–H groups in total. The number of ether oxygens (including phenoxy) is 1. The Balaban J connectivity index is 2.64. The van der Waals surface area contributed by atoms with E-state index in [9.17, 15) is 0 Å². The molecule has 12 heavy (non-hydrogen) atoms. The first-order chi connectivity index (χ1) is 5.54. The van der Waals surface area contributed by atoms with E-state index < -0.39 is 0 Å². The fourth-order valence-electron chi connectivity index (χ4n) is 2.48. The summed E-state index contributed by atoms with van der Waals surface area (Å²) in [7, 11) is 0. The Morgan fingerprint density at radius 1 is 1.08 bits per heavy atom. The van der Waals surface area contributed by atoms with Gasteiger partial charge in [-0.2, -0.15) is 0 Å². The predicted molar refractivity (Wildman–Crippen MR) is 52.1 cm³/mol. The lowest BCUT2D eigenvalue weighted by Crippen LogP contribution is -2.28. The third kappa shape index (κ3) is 1.82. The van der Waals surface area contributed by atoms with Crippen molar-refractivity contribution in [1.82, 2.24) is 0 Å². The molecule has 1 aliphatic rings. The first-order valence-corrected chi connectivity index (χ1v) is 5.15. The average Bonchev–Trinajstić information content (AvgIpc) is 2.30. The predicted octanol–water partition coefficient (Wildman–Crippen LogP) is 2.95. The van der Waals surface area contributed by atoms with Crippen LogP contribution in [0.4, 0.5) is 0 Å². The van der Waals surface area contributed by atoms with Crippen molar-refractivity contribution in [1.29, 1.82) is 0 Å². The van der Waals surface area contributed by atoms with E-state index in [4.69, 9.17) is 4.74 Å². The molecule has 0 spiro atoms. The highest BCUT2D eigenvalue weighted by Gasteiger charge is 2.37. The summed E-state index contributed by atoms with van der Waals surface area (Å²) in [5.41, 5.74) is 0. The standard InChI is InChI=1S/C11H22O/c1-7(2)10-9(5)6-12-11(10)8(3)4/h7-11H,6H2,1-5H3/t9-,10?,11?/m0/s1. The normalized spacial score (nSPS) is 36.8. The van der Waals surface area contributed by atoms with Crippen LogP contribution in [0.1, 0.15) is 34.6 Å². The van der Waals surface area contributed by atoms with Crippen molar-refractivity contribution in [2.75, 3.05) is 6.61 Å². The van der Waals surface area contributed by atoms with Gasteiger partial charge in [0.15, 0.2) is 0 Å². The summed E-state index contributed by atoms with van der Waals surface area (Å²) in [6.45, 7) is 12.4. The number of hydrogen-bond donors (Lipinski definition) is 0. The maximum Gasteiger partial charge on any atom is 0.0632 e. The second kappa shape index (κ2) is 3.78. The van der Waals surface area contributed by atoms with Gasteiger partial charge in [-0.3, -0.25) is 0 Å². The first-order valence-electron chi connectivity index (χ1n) is 5.15. The van der Waals surface area contributed by atoms with Crippen LogP contribution in [0.25, 0.3) is 0 Å². The minimum atomic E-state index is 0.500. The molecule has 2 unspecified atom stereocenters. The molecule has 0 aromatic carbocycles. The molecule has 1 saturated heterocycles. The Bertz CT molecular complexity index is 140. The molecule has 0 aromatic rings. The Kier molecular flexibility index (Phi) is 3.16. The minimum absolute atomic E-state index is 0.500. The van der Waals surface area contributed by atoms with Gasteiger partial charge in [0.2, 0.25) is 0 Å². The maximum atomic E-state index is 5.80. The summed E-state index contributed by atoms with van der Waals surface area (Å²) in [5, 5.41) is 0. The second-order valence-corrected chi connectivity index (χ2v) is 4.84. The average molecular weight is 170 g/mol. The van der Waals surface area contributed by atoms with E-state index >= 15 is 0 Å². The van der Waals surface area contributed by atoms with Gasteiger partial charge in [-0.05, 0) is 23.7 Å². The lowest BCUT2D eigenvalue weighted by Gasteiger charge is -2.27. The van der Waals surface area contributed by atoms with Crippen molar-refractivity contribution in [2.45, 2.75) is 40.7 Å². The van der Waals surface area contributed by atoms with Crippen molar-refractivity contribution >= 4 is 0 Å². The maximum absolute atomic E-state index is 5.80. The van der Waals surface area contributed by atoms with E-state index in [-0.39, 0.29) is 0 Å². The highest BCUT2D eigenvalue weighted by Crippen LogP contribution is 2.36. The van der Waals surface area contributed by atoms with Gasteiger partial charge in [-0.15, -0.1) is 0 Å². The lowest BCUT2D eigenvalue weighted by atomic mass is 9.79. The van der Waals surface area contributed by atoms with Crippen LogP contribution in [0.2, 0.25) is 0 Å². The largest absolute Gasteiger partial charge is 0.377 e. The summed E-state index contributed by atoms with van der Waals surface area (Å²) in [5.74, 6) is 2.94. The molecule has 1 rings (SSSR count).